The smallest absolute Gasteiger partial charge is 0.242 e. The molecule has 1 atom stereocenters. The second-order valence-corrected chi connectivity index (χ2v) is 6.36. The molecule has 0 aliphatic heterocycles. The average Bonchev–Trinajstić information content (AvgIpc) is 2.28. The van der Waals surface area contributed by atoms with Crippen LogP contribution in [0.5, 0.6) is 0 Å². The van der Waals surface area contributed by atoms with Gasteiger partial charge < -0.3 is 5.73 Å². The molecule has 0 aromatic heterocycles. The van der Waals surface area contributed by atoms with Crippen molar-refractivity contribution in [2.45, 2.75) is 30.7 Å². The number of thiocarbonyl (C=S) groups is 1. The third kappa shape index (κ3) is 3.91. The minimum atomic E-state index is -3.71. The lowest BCUT2D eigenvalue weighted by Crippen LogP contribution is -2.43. The second kappa shape index (κ2) is 6.47. The van der Waals surface area contributed by atoms with Gasteiger partial charge in [-0.25, -0.2) is 13.1 Å². The van der Waals surface area contributed by atoms with E-state index in [-0.39, 0.29) is 14.9 Å². The van der Waals surface area contributed by atoms with Gasteiger partial charge in [0.1, 0.15) is 4.90 Å². The van der Waals surface area contributed by atoms with E-state index in [0.717, 1.165) is 6.42 Å². The molecule has 18 heavy (non-hydrogen) atoms. The molecule has 0 saturated carbocycles. The van der Waals surface area contributed by atoms with Gasteiger partial charge in [0.2, 0.25) is 10.0 Å². The normalized spacial score (nSPS) is 13.2. The maximum atomic E-state index is 12.1. The van der Waals surface area contributed by atoms with E-state index in [0.29, 0.717) is 6.42 Å². The minimum absolute atomic E-state index is 0.0315. The van der Waals surface area contributed by atoms with Gasteiger partial charge in [0.25, 0.3) is 0 Å². The van der Waals surface area contributed by atoms with Crippen LogP contribution >= 0.6 is 23.8 Å². The molecule has 3 N–H and O–H groups in total. The molecule has 4 nitrogen and oxygen atoms in total. The van der Waals surface area contributed by atoms with Crippen molar-refractivity contribution in [2.75, 3.05) is 0 Å². The molecule has 0 aliphatic rings. The van der Waals surface area contributed by atoms with Crippen LogP contribution in [0.25, 0.3) is 0 Å². The Morgan fingerprint density at radius 3 is 2.61 bits per heavy atom. The Balaban J connectivity index is 3.01. The van der Waals surface area contributed by atoms with Crippen LogP contribution in [0.4, 0.5) is 0 Å². The molecule has 1 aromatic rings. The fourth-order valence-corrected chi connectivity index (χ4v) is 3.48. The molecule has 0 aliphatic carbocycles. The zero-order valence-corrected chi connectivity index (χ0v) is 12.3. The zero-order valence-electron chi connectivity index (χ0n) is 9.89. The van der Waals surface area contributed by atoms with Crippen molar-refractivity contribution in [2.24, 2.45) is 5.73 Å². The van der Waals surface area contributed by atoms with E-state index in [4.69, 9.17) is 29.6 Å². The van der Waals surface area contributed by atoms with Gasteiger partial charge in [0.05, 0.1) is 16.1 Å². The van der Waals surface area contributed by atoms with Gasteiger partial charge in [0, 0.05) is 0 Å². The molecular weight excluding hydrogens is 292 g/mol. The topological polar surface area (TPSA) is 72.2 Å². The maximum Gasteiger partial charge on any atom is 0.242 e. The molecule has 1 aromatic carbocycles. The Morgan fingerprint density at radius 2 is 2.11 bits per heavy atom. The van der Waals surface area contributed by atoms with Crippen LogP contribution in [-0.4, -0.2) is 19.4 Å². The molecule has 7 heteroatoms. The van der Waals surface area contributed by atoms with E-state index in [1.807, 2.05) is 6.92 Å². The number of hydrogen-bond acceptors (Lipinski definition) is 3. The fraction of sp³-hybridized carbons (Fsp3) is 0.364. The van der Waals surface area contributed by atoms with E-state index < -0.39 is 16.1 Å². The van der Waals surface area contributed by atoms with E-state index in [2.05, 4.69) is 4.72 Å². The van der Waals surface area contributed by atoms with Crippen LogP contribution in [0.2, 0.25) is 5.02 Å². The monoisotopic (exact) mass is 306 g/mol. The van der Waals surface area contributed by atoms with Crippen LogP contribution in [0.1, 0.15) is 19.8 Å². The average molecular weight is 307 g/mol. The predicted octanol–water partition coefficient (Wildman–Crippen LogP) is 2.07. The largest absolute Gasteiger partial charge is 0.392 e. The third-order valence-electron chi connectivity index (χ3n) is 2.34. The lowest BCUT2D eigenvalue weighted by molar-refractivity contribution is 0.567. The summed E-state index contributed by atoms with van der Waals surface area (Å²) in [5, 5.41) is 0.170. The van der Waals surface area contributed by atoms with Crippen molar-refractivity contribution < 1.29 is 8.42 Å². The molecule has 0 fully saturated rings. The Labute approximate surface area is 118 Å². The standard InChI is InChI=1S/C11H15ClN2O2S2/c1-2-5-9(11(13)17)14-18(15,16)10-7-4-3-6-8(10)12/h3-4,6-7,9,14H,2,5H2,1H3,(H2,13,17). The van der Waals surface area contributed by atoms with Crippen molar-refractivity contribution in [3.63, 3.8) is 0 Å². The first-order chi connectivity index (χ1) is 8.38. The SMILES string of the molecule is CCCC(NS(=O)(=O)c1ccccc1Cl)C(N)=S. The molecular formula is C11H15ClN2O2S2. The summed E-state index contributed by atoms with van der Waals surface area (Å²) in [6.45, 7) is 1.93. The number of halogens is 1. The Kier molecular flexibility index (Phi) is 5.52. The van der Waals surface area contributed by atoms with Crippen LogP contribution in [0.3, 0.4) is 0 Å². The van der Waals surface area contributed by atoms with Crippen LogP contribution < -0.4 is 10.5 Å². The van der Waals surface area contributed by atoms with E-state index in [9.17, 15) is 8.42 Å². The van der Waals surface area contributed by atoms with Crippen molar-refractivity contribution in [3.8, 4) is 0 Å². The Morgan fingerprint density at radius 1 is 1.50 bits per heavy atom. The number of rotatable bonds is 6. The number of sulfonamides is 1. The molecule has 0 bridgehead atoms. The molecule has 0 heterocycles. The highest BCUT2D eigenvalue weighted by atomic mass is 35.5. The van der Waals surface area contributed by atoms with E-state index in [1.165, 1.54) is 12.1 Å². The number of hydrogen-bond donors (Lipinski definition) is 2. The molecule has 100 valence electrons. The third-order valence-corrected chi connectivity index (χ3v) is 4.60. The van der Waals surface area contributed by atoms with Gasteiger partial charge in [-0.05, 0) is 18.6 Å². The van der Waals surface area contributed by atoms with E-state index in [1.54, 1.807) is 12.1 Å². The maximum absolute atomic E-state index is 12.1. The van der Waals surface area contributed by atoms with Crippen molar-refractivity contribution in [3.05, 3.63) is 29.3 Å². The predicted molar refractivity (Wildman–Crippen MR) is 77.3 cm³/mol. The Bertz CT molecular complexity index is 532. The molecule has 1 rings (SSSR count). The summed E-state index contributed by atoms with van der Waals surface area (Å²) in [5.41, 5.74) is 5.52. The summed E-state index contributed by atoms with van der Waals surface area (Å²) in [5.74, 6) is 0. The first-order valence-corrected chi connectivity index (χ1v) is 7.71. The van der Waals surface area contributed by atoms with Gasteiger partial charge in [-0.3, -0.25) is 0 Å². The fourth-order valence-electron chi connectivity index (χ4n) is 1.46. The summed E-state index contributed by atoms with van der Waals surface area (Å²) >= 11 is 10.7. The van der Waals surface area contributed by atoms with Gasteiger partial charge in [-0.15, -0.1) is 0 Å². The van der Waals surface area contributed by atoms with Gasteiger partial charge in [-0.1, -0.05) is 49.3 Å². The quantitative estimate of drug-likeness (QED) is 0.789. The first-order valence-electron chi connectivity index (χ1n) is 5.44. The van der Waals surface area contributed by atoms with E-state index >= 15 is 0 Å². The summed E-state index contributed by atoms with van der Waals surface area (Å²) in [4.78, 5) is 0.163. The summed E-state index contributed by atoms with van der Waals surface area (Å²) in [7, 11) is -3.71. The molecule has 0 spiro atoms. The lowest BCUT2D eigenvalue weighted by atomic mass is 10.2. The highest BCUT2D eigenvalue weighted by Crippen LogP contribution is 2.20. The summed E-state index contributed by atoms with van der Waals surface area (Å²) < 4.78 is 26.7. The number of benzene rings is 1. The van der Waals surface area contributed by atoms with Crippen molar-refractivity contribution in [1.82, 2.24) is 4.72 Å². The van der Waals surface area contributed by atoms with Crippen molar-refractivity contribution in [1.29, 1.82) is 0 Å². The van der Waals surface area contributed by atoms with Crippen LogP contribution in [0.15, 0.2) is 29.2 Å². The van der Waals surface area contributed by atoms with Crippen LogP contribution in [-0.2, 0) is 10.0 Å². The van der Waals surface area contributed by atoms with Gasteiger partial charge in [-0.2, -0.15) is 0 Å². The highest BCUT2D eigenvalue weighted by molar-refractivity contribution is 7.89. The zero-order chi connectivity index (χ0) is 13.8. The second-order valence-electron chi connectivity index (χ2n) is 3.80. The first kappa shape index (κ1) is 15.4. The van der Waals surface area contributed by atoms with Crippen LogP contribution in [0, 0.1) is 0 Å². The Hall–Kier alpha value is -0.690. The molecule has 0 saturated heterocycles. The van der Waals surface area contributed by atoms with Gasteiger partial charge >= 0.3 is 0 Å². The molecule has 0 amide bonds. The highest BCUT2D eigenvalue weighted by Gasteiger charge is 2.23. The minimum Gasteiger partial charge on any atom is -0.392 e. The van der Waals surface area contributed by atoms with Gasteiger partial charge in [0.15, 0.2) is 0 Å². The number of nitrogens with two attached hydrogens (primary N) is 1. The number of nitrogens with one attached hydrogen (secondary N) is 1. The molecule has 0 radical (unpaired) electrons. The summed E-state index contributed by atoms with van der Waals surface area (Å²) in [6.07, 6.45) is 1.33. The summed E-state index contributed by atoms with van der Waals surface area (Å²) in [6, 6.07) is 5.68. The lowest BCUT2D eigenvalue weighted by Gasteiger charge is -2.17. The molecule has 1 unspecified atom stereocenters. The van der Waals surface area contributed by atoms with Crippen molar-refractivity contribution >= 4 is 38.8 Å².